The van der Waals surface area contributed by atoms with Gasteiger partial charge in [0.05, 0.1) is 17.5 Å². The number of ketones is 1. The second-order valence-electron chi connectivity index (χ2n) is 6.71. The number of rotatable bonds is 5. The average molecular weight is 386 g/mol. The number of anilines is 1. The van der Waals surface area contributed by atoms with Crippen molar-refractivity contribution in [2.24, 2.45) is 11.8 Å². The van der Waals surface area contributed by atoms with Crippen molar-refractivity contribution in [3.05, 3.63) is 64.7 Å². The van der Waals surface area contributed by atoms with Crippen LogP contribution in [0.2, 0.25) is 5.02 Å². The van der Waals surface area contributed by atoms with Gasteiger partial charge in [-0.3, -0.25) is 14.4 Å². The maximum atomic E-state index is 12.8. The summed E-state index contributed by atoms with van der Waals surface area (Å²) in [5.74, 6) is -2.88. The molecule has 0 aromatic heterocycles. The van der Waals surface area contributed by atoms with E-state index in [0.717, 1.165) is 12.8 Å². The lowest BCUT2D eigenvalue weighted by Gasteiger charge is -2.27. The molecule has 1 fully saturated rings. The Labute approximate surface area is 162 Å². The minimum Gasteiger partial charge on any atom is -0.481 e. The molecule has 140 valence electrons. The third-order valence-electron chi connectivity index (χ3n) is 4.94. The number of amides is 1. The van der Waals surface area contributed by atoms with E-state index in [1.807, 2.05) is 6.07 Å². The van der Waals surface area contributed by atoms with Crippen LogP contribution in [0, 0.1) is 11.8 Å². The predicted molar refractivity (Wildman–Crippen MR) is 103 cm³/mol. The number of carboxylic acids is 1. The van der Waals surface area contributed by atoms with Gasteiger partial charge in [-0.25, -0.2) is 0 Å². The number of hydrogen-bond acceptors (Lipinski definition) is 3. The minimum atomic E-state index is -0.952. The van der Waals surface area contributed by atoms with Crippen LogP contribution in [0.1, 0.15) is 41.6 Å². The molecule has 27 heavy (non-hydrogen) atoms. The summed E-state index contributed by atoms with van der Waals surface area (Å²) in [6.07, 6.45) is 2.64. The van der Waals surface area contributed by atoms with Crippen molar-refractivity contribution < 1.29 is 19.5 Å². The van der Waals surface area contributed by atoms with Crippen LogP contribution in [-0.4, -0.2) is 22.8 Å². The number of carbonyl (C=O) groups excluding carboxylic acids is 2. The molecule has 2 atom stereocenters. The molecule has 1 saturated carbocycles. The Balaban J connectivity index is 1.87. The van der Waals surface area contributed by atoms with Gasteiger partial charge in [0.2, 0.25) is 5.91 Å². The van der Waals surface area contributed by atoms with Crippen LogP contribution < -0.4 is 5.32 Å². The minimum absolute atomic E-state index is 0.258. The van der Waals surface area contributed by atoms with Gasteiger partial charge in [0.1, 0.15) is 0 Å². The zero-order valence-electron chi connectivity index (χ0n) is 14.7. The molecule has 0 saturated heterocycles. The maximum absolute atomic E-state index is 12.8. The van der Waals surface area contributed by atoms with E-state index in [2.05, 4.69) is 5.32 Å². The van der Waals surface area contributed by atoms with Crippen molar-refractivity contribution in [2.45, 2.75) is 25.7 Å². The fourth-order valence-electron chi connectivity index (χ4n) is 3.52. The van der Waals surface area contributed by atoms with Crippen molar-refractivity contribution in [1.29, 1.82) is 0 Å². The lowest BCUT2D eigenvalue weighted by Crippen LogP contribution is -2.36. The highest BCUT2D eigenvalue weighted by Crippen LogP contribution is 2.32. The highest BCUT2D eigenvalue weighted by Gasteiger charge is 2.36. The van der Waals surface area contributed by atoms with E-state index in [0.29, 0.717) is 29.1 Å². The first kappa shape index (κ1) is 19.1. The maximum Gasteiger partial charge on any atom is 0.307 e. The van der Waals surface area contributed by atoms with Gasteiger partial charge >= 0.3 is 5.97 Å². The highest BCUT2D eigenvalue weighted by atomic mass is 35.5. The monoisotopic (exact) mass is 385 g/mol. The van der Waals surface area contributed by atoms with Crippen LogP contribution in [0.15, 0.2) is 48.5 Å². The summed E-state index contributed by atoms with van der Waals surface area (Å²) >= 11 is 6.06. The number of nitrogens with one attached hydrogen (secondary N) is 1. The Kier molecular flexibility index (Phi) is 5.91. The molecule has 2 aromatic rings. The number of aliphatic carboxylic acids is 1. The summed E-state index contributed by atoms with van der Waals surface area (Å²) in [6, 6.07) is 13.4. The number of hydrogen-bond donors (Lipinski definition) is 2. The normalized spacial score (nSPS) is 19.3. The van der Waals surface area contributed by atoms with Crippen LogP contribution in [-0.2, 0) is 9.59 Å². The molecular weight excluding hydrogens is 366 g/mol. The van der Waals surface area contributed by atoms with E-state index in [4.69, 9.17) is 11.6 Å². The number of carbonyl (C=O) groups is 3. The zero-order chi connectivity index (χ0) is 19.4. The van der Waals surface area contributed by atoms with Gasteiger partial charge in [-0.1, -0.05) is 54.8 Å². The van der Waals surface area contributed by atoms with Gasteiger partial charge in [-0.05, 0) is 31.0 Å². The molecule has 1 amide bonds. The lowest BCUT2D eigenvalue weighted by molar-refractivity contribution is -0.147. The van der Waals surface area contributed by atoms with Gasteiger partial charge in [-0.2, -0.15) is 0 Å². The standard InChI is InChI=1S/C21H20ClNO4/c22-14-10-11-18(17(12-14)19(24)13-6-2-1-3-7-13)23-20(25)15-8-4-5-9-16(15)21(26)27/h1-3,6-7,10-12,15-16H,4-5,8-9H2,(H,23,25)(H,26,27)/t15-,16+/m0/s1. The fraction of sp³-hybridized carbons (Fsp3) is 0.286. The number of carboxylic acid groups (broad SMARTS) is 1. The van der Waals surface area contributed by atoms with Crippen molar-refractivity contribution in [2.75, 3.05) is 5.32 Å². The third kappa shape index (κ3) is 4.37. The molecular formula is C21H20ClNO4. The summed E-state index contributed by atoms with van der Waals surface area (Å²) in [7, 11) is 0. The topological polar surface area (TPSA) is 83.5 Å². The molecule has 2 N–H and O–H groups in total. The van der Waals surface area contributed by atoms with Crippen LogP contribution >= 0.6 is 11.6 Å². The fourth-order valence-corrected chi connectivity index (χ4v) is 3.70. The Hall–Kier alpha value is -2.66. The van der Waals surface area contributed by atoms with E-state index in [1.54, 1.807) is 36.4 Å². The second-order valence-corrected chi connectivity index (χ2v) is 7.15. The zero-order valence-corrected chi connectivity index (χ0v) is 15.4. The SMILES string of the molecule is O=C(c1ccccc1)c1cc(Cl)ccc1NC(=O)[C@H]1CCCC[C@H]1C(=O)O. The van der Waals surface area contributed by atoms with Gasteiger partial charge in [0.25, 0.3) is 0 Å². The summed E-state index contributed by atoms with van der Waals surface area (Å²) in [4.78, 5) is 37.1. The Bertz CT molecular complexity index is 866. The number of halogens is 1. The summed E-state index contributed by atoms with van der Waals surface area (Å²) in [6.45, 7) is 0. The molecule has 2 aromatic carbocycles. The molecule has 0 heterocycles. The van der Waals surface area contributed by atoms with E-state index < -0.39 is 17.8 Å². The third-order valence-corrected chi connectivity index (χ3v) is 5.18. The second kappa shape index (κ2) is 8.35. The van der Waals surface area contributed by atoms with Crippen LogP contribution in [0.25, 0.3) is 0 Å². The van der Waals surface area contributed by atoms with E-state index in [-0.39, 0.29) is 17.3 Å². The lowest BCUT2D eigenvalue weighted by atomic mass is 9.78. The van der Waals surface area contributed by atoms with Crippen molar-refractivity contribution >= 4 is 34.9 Å². The van der Waals surface area contributed by atoms with Crippen molar-refractivity contribution in [3.8, 4) is 0 Å². The summed E-state index contributed by atoms with van der Waals surface area (Å²) in [5, 5.41) is 12.5. The van der Waals surface area contributed by atoms with Gasteiger partial charge in [0.15, 0.2) is 5.78 Å². The largest absolute Gasteiger partial charge is 0.481 e. The molecule has 0 radical (unpaired) electrons. The molecule has 6 heteroatoms. The van der Waals surface area contributed by atoms with Gasteiger partial charge in [-0.15, -0.1) is 0 Å². The number of benzene rings is 2. The van der Waals surface area contributed by atoms with Crippen LogP contribution in [0.5, 0.6) is 0 Å². The molecule has 0 aliphatic heterocycles. The van der Waals surface area contributed by atoms with Gasteiger partial charge in [0, 0.05) is 16.1 Å². The van der Waals surface area contributed by atoms with Crippen molar-refractivity contribution in [1.82, 2.24) is 0 Å². The molecule has 3 rings (SSSR count). The van der Waals surface area contributed by atoms with Gasteiger partial charge < -0.3 is 10.4 Å². The molecule has 1 aliphatic carbocycles. The first-order valence-electron chi connectivity index (χ1n) is 8.90. The predicted octanol–water partition coefficient (Wildman–Crippen LogP) is 4.40. The Morgan fingerprint density at radius 1 is 0.963 bits per heavy atom. The summed E-state index contributed by atoms with van der Waals surface area (Å²) in [5.41, 5.74) is 1.11. The molecule has 5 nitrogen and oxygen atoms in total. The van der Waals surface area contributed by atoms with Crippen molar-refractivity contribution in [3.63, 3.8) is 0 Å². The molecule has 0 spiro atoms. The first-order chi connectivity index (χ1) is 13.0. The quantitative estimate of drug-likeness (QED) is 0.747. The van der Waals surface area contributed by atoms with E-state index in [1.165, 1.54) is 6.07 Å². The van der Waals surface area contributed by atoms with E-state index >= 15 is 0 Å². The highest BCUT2D eigenvalue weighted by molar-refractivity contribution is 6.31. The first-order valence-corrected chi connectivity index (χ1v) is 9.28. The van der Waals surface area contributed by atoms with Crippen LogP contribution in [0.4, 0.5) is 5.69 Å². The Morgan fingerprint density at radius 2 is 1.63 bits per heavy atom. The molecule has 0 unspecified atom stereocenters. The van der Waals surface area contributed by atoms with Crippen LogP contribution in [0.3, 0.4) is 0 Å². The molecule has 0 bridgehead atoms. The van der Waals surface area contributed by atoms with E-state index in [9.17, 15) is 19.5 Å². The smallest absolute Gasteiger partial charge is 0.307 e. The average Bonchev–Trinajstić information content (AvgIpc) is 2.69. The Morgan fingerprint density at radius 3 is 2.30 bits per heavy atom. The summed E-state index contributed by atoms with van der Waals surface area (Å²) < 4.78 is 0. The molecule has 1 aliphatic rings.